The molecule has 68 valence electrons. The molecule has 1 aliphatic rings. The molecular formula is C9H20O2. The molecule has 2 unspecified atom stereocenters. The first-order valence-electron chi connectivity index (χ1n) is 4.56. The largest absolute Gasteiger partial charge is 0.393 e. The van der Waals surface area contributed by atoms with Crippen molar-refractivity contribution in [2.24, 2.45) is 5.92 Å². The molecule has 11 heavy (non-hydrogen) atoms. The molecule has 0 aliphatic heterocycles. The minimum Gasteiger partial charge on any atom is -0.393 e. The molecule has 0 spiro atoms. The molecule has 1 aliphatic carbocycles. The van der Waals surface area contributed by atoms with Crippen molar-refractivity contribution in [3.05, 3.63) is 0 Å². The summed E-state index contributed by atoms with van der Waals surface area (Å²) >= 11 is 0. The van der Waals surface area contributed by atoms with E-state index in [-0.39, 0.29) is 12.2 Å². The zero-order chi connectivity index (χ0) is 8.85. The van der Waals surface area contributed by atoms with Gasteiger partial charge in [-0.1, -0.05) is 20.8 Å². The number of rotatable bonds is 0. The van der Waals surface area contributed by atoms with Crippen molar-refractivity contribution in [1.82, 2.24) is 0 Å². The van der Waals surface area contributed by atoms with E-state index >= 15 is 0 Å². The Kier molecular flexibility index (Phi) is 5.51. The van der Waals surface area contributed by atoms with E-state index in [1.54, 1.807) is 0 Å². The topological polar surface area (TPSA) is 40.5 Å². The van der Waals surface area contributed by atoms with Crippen LogP contribution < -0.4 is 0 Å². The summed E-state index contributed by atoms with van der Waals surface area (Å²) in [6, 6.07) is 0. The third kappa shape index (κ3) is 3.73. The van der Waals surface area contributed by atoms with Gasteiger partial charge < -0.3 is 10.2 Å². The quantitative estimate of drug-likeness (QED) is 0.564. The second-order valence-corrected chi connectivity index (χ2v) is 3.01. The minimum atomic E-state index is -0.270. The van der Waals surface area contributed by atoms with E-state index in [0.717, 1.165) is 12.8 Å². The van der Waals surface area contributed by atoms with Crippen LogP contribution in [0, 0.1) is 5.92 Å². The van der Waals surface area contributed by atoms with Crippen molar-refractivity contribution in [3.8, 4) is 0 Å². The molecule has 0 saturated heterocycles. The molecule has 0 amide bonds. The Morgan fingerprint density at radius 1 is 1.09 bits per heavy atom. The Labute approximate surface area is 69.2 Å². The van der Waals surface area contributed by atoms with Crippen LogP contribution in [0.15, 0.2) is 0 Å². The Morgan fingerprint density at radius 3 is 2.00 bits per heavy atom. The highest BCUT2D eigenvalue weighted by Crippen LogP contribution is 2.23. The van der Waals surface area contributed by atoms with Gasteiger partial charge in [-0.3, -0.25) is 0 Å². The van der Waals surface area contributed by atoms with Crippen LogP contribution in [0.25, 0.3) is 0 Å². The van der Waals surface area contributed by atoms with Crippen LogP contribution >= 0.6 is 0 Å². The van der Waals surface area contributed by atoms with Gasteiger partial charge in [0, 0.05) is 0 Å². The van der Waals surface area contributed by atoms with Gasteiger partial charge in [0.05, 0.1) is 12.2 Å². The summed E-state index contributed by atoms with van der Waals surface area (Å²) in [5.41, 5.74) is 0. The molecule has 1 saturated carbocycles. The molecule has 3 atom stereocenters. The standard InChI is InChI=1S/C7H14O2.C2H6/c1-5-2-3-6(8)4-7(5)9;1-2/h5-9H,2-4H2,1H3;1-2H3/t5?,6?,7-;/m1./s1. The van der Waals surface area contributed by atoms with Crippen LogP contribution in [-0.2, 0) is 0 Å². The first kappa shape index (κ1) is 10.9. The van der Waals surface area contributed by atoms with Gasteiger partial charge in [-0.25, -0.2) is 0 Å². The summed E-state index contributed by atoms with van der Waals surface area (Å²) in [4.78, 5) is 0. The monoisotopic (exact) mass is 160 g/mol. The Hall–Kier alpha value is -0.0800. The normalized spacial score (nSPS) is 37.4. The SMILES string of the molecule is CC.CC1CCC(O)C[C@H]1O. The fourth-order valence-electron chi connectivity index (χ4n) is 1.28. The first-order valence-corrected chi connectivity index (χ1v) is 4.56. The molecule has 0 aromatic carbocycles. The fourth-order valence-corrected chi connectivity index (χ4v) is 1.28. The van der Waals surface area contributed by atoms with Gasteiger partial charge >= 0.3 is 0 Å². The first-order chi connectivity index (χ1) is 5.20. The molecule has 1 fully saturated rings. The van der Waals surface area contributed by atoms with Gasteiger partial charge in [-0.15, -0.1) is 0 Å². The van der Waals surface area contributed by atoms with Gasteiger partial charge in [-0.05, 0) is 25.2 Å². The summed E-state index contributed by atoms with van der Waals surface area (Å²) < 4.78 is 0. The van der Waals surface area contributed by atoms with Gasteiger partial charge in [0.1, 0.15) is 0 Å². The molecule has 1 rings (SSSR count). The van der Waals surface area contributed by atoms with Gasteiger partial charge in [0.2, 0.25) is 0 Å². The lowest BCUT2D eigenvalue weighted by molar-refractivity contribution is 0.00729. The lowest BCUT2D eigenvalue weighted by Gasteiger charge is -2.27. The zero-order valence-corrected chi connectivity index (χ0v) is 7.75. The van der Waals surface area contributed by atoms with E-state index in [0.29, 0.717) is 12.3 Å². The van der Waals surface area contributed by atoms with Crippen LogP contribution in [0.4, 0.5) is 0 Å². The number of hydrogen-bond acceptors (Lipinski definition) is 2. The maximum absolute atomic E-state index is 9.19. The maximum atomic E-state index is 9.19. The van der Waals surface area contributed by atoms with Crippen molar-refractivity contribution >= 4 is 0 Å². The molecule has 0 radical (unpaired) electrons. The molecule has 2 nitrogen and oxygen atoms in total. The summed E-state index contributed by atoms with van der Waals surface area (Å²) in [6.45, 7) is 6.02. The summed E-state index contributed by atoms with van der Waals surface area (Å²) in [6.07, 6.45) is 1.87. The number of aliphatic hydroxyl groups excluding tert-OH is 2. The number of hydrogen-bond donors (Lipinski definition) is 2. The highest BCUT2D eigenvalue weighted by Gasteiger charge is 2.23. The average Bonchev–Trinajstić information content (AvgIpc) is 2.02. The Bertz CT molecular complexity index is 93.6. The third-order valence-corrected chi connectivity index (χ3v) is 2.13. The second kappa shape index (κ2) is 5.56. The predicted molar refractivity (Wildman–Crippen MR) is 46.4 cm³/mol. The predicted octanol–water partition coefficient (Wildman–Crippen LogP) is 1.55. The van der Waals surface area contributed by atoms with E-state index in [1.807, 2.05) is 20.8 Å². The van der Waals surface area contributed by atoms with Crippen LogP contribution in [0.2, 0.25) is 0 Å². The molecule has 2 N–H and O–H groups in total. The van der Waals surface area contributed by atoms with Crippen molar-refractivity contribution < 1.29 is 10.2 Å². The van der Waals surface area contributed by atoms with Crippen LogP contribution in [0.5, 0.6) is 0 Å². The van der Waals surface area contributed by atoms with Crippen LogP contribution in [0.3, 0.4) is 0 Å². The molecule has 0 heterocycles. The average molecular weight is 160 g/mol. The highest BCUT2D eigenvalue weighted by molar-refractivity contribution is 4.75. The maximum Gasteiger partial charge on any atom is 0.0590 e. The second-order valence-electron chi connectivity index (χ2n) is 3.01. The van der Waals surface area contributed by atoms with Gasteiger partial charge in [0.25, 0.3) is 0 Å². The van der Waals surface area contributed by atoms with Crippen LogP contribution in [0.1, 0.15) is 40.0 Å². The van der Waals surface area contributed by atoms with Gasteiger partial charge in [-0.2, -0.15) is 0 Å². The Balaban J connectivity index is 0.000000461. The van der Waals surface area contributed by atoms with Crippen molar-refractivity contribution in [2.45, 2.75) is 52.2 Å². The third-order valence-electron chi connectivity index (χ3n) is 2.13. The Morgan fingerprint density at radius 2 is 1.64 bits per heavy atom. The highest BCUT2D eigenvalue weighted by atomic mass is 16.3. The molecule has 0 bridgehead atoms. The molecule has 0 aromatic rings. The summed E-state index contributed by atoms with van der Waals surface area (Å²) in [7, 11) is 0. The van der Waals surface area contributed by atoms with E-state index < -0.39 is 0 Å². The van der Waals surface area contributed by atoms with Crippen LogP contribution in [-0.4, -0.2) is 22.4 Å². The van der Waals surface area contributed by atoms with Crippen molar-refractivity contribution in [2.75, 3.05) is 0 Å². The fraction of sp³-hybridized carbons (Fsp3) is 1.00. The molecular weight excluding hydrogens is 140 g/mol. The van der Waals surface area contributed by atoms with E-state index in [4.69, 9.17) is 5.11 Å². The molecule has 2 heteroatoms. The van der Waals surface area contributed by atoms with E-state index in [2.05, 4.69) is 0 Å². The lowest BCUT2D eigenvalue weighted by atomic mass is 9.86. The van der Waals surface area contributed by atoms with Crippen molar-refractivity contribution in [3.63, 3.8) is 0 Å². The number of aliphatic hydroxyl groups is 2. The van der Waals surface area contributed by atoms with Gasteiger partial charge in [0.15, 0.2) is 0 Å². The molecule has 0 aromatic heterocycles. The summed E-state index contributed by atoms with van der Waals surface area (Å²) in [5.74, 6) is 0.383. The van der Waals surface area contributed by atoms with E-state index in [9.17, 15) is 5.11 Å². The smallest absolute Gasteiger partial charge is 0.0590 e. The minimum absolute atomic E-state index is 0.254. The lowest BCUT2D eigenvalue weighted by Crippen LogP contribution is -2.29. The zero-order valence-electron chi connectivity index (χ0n) is 7.75. The van der Waals surface area contributed by atoms with E-state index in [1.165, 1.54) is 0 Å². The van der Waals surface area contributed by atoms with Crippen molar-refractivity contribution in [1.29, 1.82) is 0 Å². The summed E-state index contributed by atoms with van der Waals surface area (Å²) in [5, 5.41) is 18.2.